The third kappa shape index (κ3) is 6.82. The van der Waals surface area contributed by atoms with Crippen molar-refractivity contribution in [1.82, 2.24) is 20.5 Å². The number of nitrogens with zero attached hydrogens (tertiary/aromatic N) is 3. The van der Waals surface area contributed by atoms with Crippen LogP contribution in [-0.2, 0) is 11.2 Å². The number of amides is 1. The fourth-order valence-electron chi connectivity index (χ4n) is 2.93. The monoisotopic (exact) mass is 381 g/mol. The van der Waals surface area contributed by atoms with Gasteiger partial charge in [0.2, 0.25) is 0 Å². The lowest BCUT2D eigenvalue weighted by atomic mass is 10.1. The van der Waals surface area contributed by atoms with Crippen LogP contribution in [0, 0.1) is 6.92 Å². The van der Waals surface area contributed by atoms with Crippen LogP contribution >= 0.6 is 11.3 Å². The first-order chi connectivity index (χ1) is 12.6. The number of aliphatic imine (C=N–C) groups is 1. The summed E-state index contributed by atoms with van der Waals surface area (Å²) >= 11 is 1.74. The lowest BCUT2D eigenvalue weighted by molar-refractivity contribution is 0.0963. The van der Waals surface area contributed by atoms with Crippen molar-refractivity contribution in [2.75, 3.05) is 33.3 Å². The number of piperidine rings is 1. The summed E-state index contributed by atoms with van der Waals surface area (Å²) in [5.74, 6) is 0.838. The Bertz CT molecular complexity index is 582. The van der Waals surface area contributed by atoms with Gasteiger partial charge < -0.3 is 20.3 Å². The van der Waals surface area contributed by atoms with Crippen LogP contribution in [0.2, 0.25) is 0 Å². The number of aromatic nitrogens is 1. The van der Waals surface area contributed by atoms with Gasteiger partial charge in [-0.15, -0.1) is 11.3 Å². The molecule has 0 aliphatic carbocycles. The SMILES string of the molecule is CCOC(=O)N1CCC(NC(=NC)NCCCCc2nc(C)cs2)CC1. The highest BCUT2D eigenvalue weighted by Gasteiger charge is 2.23. The molecule has 1 aromatic rings. The molecule has 2 rings (SSSR count). The molecule has 1 aliphatic heterocycles. The molecule has 0 bridgehead atoms. The summed E-state index contributed by atoms with van der Waals surface area (Å²) in [6.45, 7) is 6.64. The summed E-state index contributed by atoms with van der Waals surface area (Å²) in [5.41, 5.74) is 1.11. The number of unbranched alkanes of at least 4 members (excludes halogenated alkanes) is 1. The maximum Gasteiger partial charge on any atom is 0.409 e. The van der Waals surface area contributed by atoms with Crippen LogP contribution in [0.5, 0.6) is 0 Å². The van der Waals surface area contributed by atoms with E-state index in [0.717, 1.165) is 63.4 Å². The summed E-state index contributed by atoms with van der Waals surface area (Å²) < 4.78 is 5.05. The number of ether oxygens (including phenoxy) is 1. The fourth-order valence-corrected chi connectivity index (χ4v) is 3.75. The van der Waals surface area contributed by atoms with Gasteiger partial charge in [-0.25, -0.2) is 9.78 Å². The van der Waals surface area contributed by atoms with Crippen molar-refractivity contribution in [2.24, 2.45) is 4.99 Å². The lowest BCUT2D eigenvalue weighted by Gasteiger charge is -2.32. The predicted octanol–water partition coefficient (Wildman–Crippen LogP) is 2.56. The van der Waals surface area contributed by atoms with Crippen LogP contribution in [-0.4, -0.2) is 61.3 Å². The van der Waals surface area contributed by atoms with Gasteiger partial charge in [0.1, 0.15) is 0 Å². The maximum atomic E-state index is 11.7. The van der Waals surface area contributed by atoms with Gasteiger partial charge in [-0.2, -0.15) is 0 Å². The maximum absolute atomic E-state index is 11.7. The van der Waals surface area contributed by atoms with Gasteiger partial charge in [0, 0.05) is 43.8 Å². The zero-order valence-corrected chi connectivity index (χ0v) is 16.9. The average molecular weight is 382 g/mol. The number of guanidine groups is 1. The second-order valence-corrected chi connectivity index (χ2v) is 7.39. The molecule has 0 radical (unpaired) electrons. The molecule has 2 N–H and O–H groups in total. The van der Waals surface area contributed by atoms with Crippen LogP contribution in [0.15, 0.2) is 10.4 Å². The van der Waals surface area contributed by atoms with Gasteiger partial charge in [0.05, 0.1) is 11.6 Å². The number of hydrogen-bond donors (Lipinski definition) is 2. The normalized spacial score (nSPS) is 15.8. The second kappa shape index (κ2) is 11.0. The molecular weight excluding hydrogens is 350 g/mol. The Kier molecular flexibility index (Phi) is 8.67. The molecule has 26 heavy (non-hydrogen) atoms. The molecule has 0 spiro atoms. The molecule has 1 fully saturated rings. The molecule has 1 saturated heterocycles. The minimum Gasteiger partial charge on any atom is -0.450 e. The van der Waals surface area contributed by atoms with Crippen LogP contribution in [0.4, 0.5) is 4.79 Å². The number of likely N-dealkylation sites (tertiary alicyclic amines) is 1. The number of carbonyl (C=O) groups excluding carboxylic acids is 1. The molecule has 0 unspecified atom stereocenters. The Hall–Kier alpha value is -1.83. The van der Waals surface area contributed by atoms with Crippen LogP contribution in [0.3, 0.4) is 0 Å². The van der Waals surface area contributed by atoms with Gasteiger partial charge in [-0.05, 0) is 46.0 Å². The van der Waals surface area contributed by atoms with E-state index in [4.69, 9.17) is 4.74 Å². The molecule has 7 nitrogen and oxygen atoms in total. The number of nitrogens with one attached hydrogen (secondary N) is 2. The molecular formula is C18H31N5O2S. The van der Waals surface area contributed by atoms with E-state index in [1.165, 1.54) is 5.01 Å². The van der Waals surface area contributed by atoms with Crippen molar-refractivity contribution in [1.29, 1.82) is 0 Å². The molecule has 8 heteroatoms. The third-order valence-corrected chi connectivity index (χ3v) is 5.39. The van der Waals surface area contributed by atoms with E-state index in [-0.39, 0.29) is 6.09 Å². The zero-order valence-electron chi connectivity index (χ0n) is 16.1. The number of carbonyl (C=O) groups is 1. The van der Waals surface area contributed by atoms with Crippen LogP contribution < -0.4 is 10.6 Å². The number of thiazole rings is 1. The molecule has 0 atom stereocenters. The van der Waals surface area contributed by atoms with Crippen LogP contribution in [0.1, 0.15) is 43.3 Å². The van der Waals surface area contributed by atoms with Crippen molar-refractivity contribution in [3.05, 3.63) is 16.1 Å². The smallest absolute Gasteiger partial charge is 0.409 e. The van der Waals surface area contributed by atoms with E-state index in [9.17, 15) is 4.79 Å². The van der Waals surface area contributed by atoms with Crippen molar-refractivity contribution in [2.45, 2.75) is 52.0 Å². The van der Waals surface area contributed by atoms with Gasteiger partial charge in [0.25, 0.3) is 0 Å². The molecule has 146 valence electrons. The molecule has 0 saturated carbocycles. The summed E-state index contributed by atoms with van der Waals surface area (Å²) in [6.07, 6.45) is 4.85. The Morgan fingerprint density at radius 1 is 1.42 bits per heavy atom. The molecule has 1 aliphatic rings. The van der Waals surface area contributed by atoms with E-state index in [1.54, 1.807) is 23.3 Å². The van der Waals surface area contributed by atoms with E-state index >= 15 is 0 Å². The minimum atomic E-state index is -0.205. The van der Waals surface area contributed by atoms with Crippen LogP contribution in [0.25, 0.3) is 0 Å². The quantitative estimate of drug-likeness (QED) is 0.431. The number of rotatable bonds is 7. The van der Waals surface area contributed by atoms with Crippen molar-refractivity contribution >= 4 is 23.4 Å². The minimum absolute atomic E-state index is 0.205. The second-order valence-electron chi connectivity index (χ2n) is 6.44. The first kappa shape index (κ1) is 20.5. The molecule has 0 aromatic carbocycles. The van der Waals surface area contributed by atoms with Gasteiger partial charge in [-0.3, -0.25) is 4.99 Å². The van der Waals surface area contributed by atoms with Gasteiger partial charge in [0.15, 0.2) is 5.96 Å². The summed E-state index contributed by atoms with van der Waals surface area (Å²) in [5, 5.41) is 10.2. The summed E-state index contributed by atoms with van der Waals surface area (Å²) in [4.78, 5) is 22.3. The van der Waals surface area contributed by atoms with E-state index < -0.39 is 0 Å². The van der Waals surface area contributed by atoms with Crippen molar-refractivity contribution in [3.8, 4) is 0 Å². The summed E-state index contributed by atoms with van der Waals surface area (Å²) in [7, 11) is 1.79. The largest absolute Gasteiger partial charge is 0.450 e. The molecule has 2 heterocycles. The highest BCUT2D eigenvalue weighted by Crippen LogP contribution is 2.12. The number of hydrogen-bond acceptors (Lipinski definition) is 5. The number of aryl methyl sites for hydroxylation is 2. The highest BCUT2D eigenvalue weighted by molar-refractivity contribution is 7.09. The van der Waals surface area contributed by atoms with Crippen molar-refractivity contribution < 1.29 is 9.53 Å². The van der Waals surface area contributed by atoms with E-state index in [0.29, 0.717) is 12.6 Å². The average Bonchev–Trinajstić information content (AvgIpc) is 3.06. The Labute approximate surface area is 160 Å². The first-order valence-electron chi connectivity index (χ1n) is 9.42. The van der Waals surface area contributed by atoms with E-state index in [2.05, 4.69) is 26.0 Å². The molecule has 1 aromatic heterocycles. The fraction of sp³-hybridized carbons (Fsp3) is 0.722. The Morgan fingerprint density at radius 2 is 2.19 bits per heavy atom. The Morgan fingerprint density at radius 3 is 2.81 bits per heavy atom. The standard InChI is InChI=1S/C18H31N5O2S/c1-4-25-18(24)23-11-8-15(9-12-23)22-17(19-3)20-10-6-5-7-16-21-14(2)13-26-16/h13,15H,4-12H2,1-3H3,(H2,19,20,22). The zero-order chi connectivity index (χ0) is 18.8. The van der Waals surface area contributed by atoms with Crippen molar-refractivity contribution in [3.63, 3.8) is 0 Å². The predicted molar refractivity (Wildman–Crippen MR) is 106 cm³/mol. The topological polar surface area (TPSA) is 78.8 Å². The first-order valence-corrected chi connectivity index (χ1v) is 10.3. The molecule has 1 amide bonds. The lowest BCUT2D eigenvalue weighted by Crippen LogP contribution is -2.50. The third-order valence-electron chi connectivity index (χ3n) is 4.36. The Balaban J connectivity index is 1.60. The highest BCUT2D eigenvalue weighted by atomic mass is 32.1. The summed E-state index contributed by atoms with van der Waals surface area (Å²) in [6, 6.07) is 0.338. The van der Waals surface area contributed by atoms with Gasteiger partial charge in [-0.1, -0.05) is 0 Å². The van der Waals surface area contributed by atoms with Gasteiger partial charge >= 0.3 is 6.09 Å². The van der Waals surface area contributed by atoms with E-state index in [1.807, 2.05) is 13.8 Å².